The van der Waals surface area contributed by atoms with Gasteiger partial charge < -0.3 is 4.57 Å². The number of likely N-dealkylation sites (N-methyl/N-ethyl adjacent to an activating group) is 1. The van der Waals surface area contributed by atoms with E-state index in [2.05, 4.69) is 64.9 Å². The van der Waals surface area contributed by atoms with Crippen molar-refractivity contribution in [1.82, 2.24) is 18.8 Å². The fourth-order valence-corrected chi connectivity index (χ4v) is 10.1. The van der Waals surface area contributed by atoms with Crippen LogP contribution < -0.4 is 0 Å². The van der Waals surface area contributed by atoms with Gasteiger partial charge in [-0.1, -0.05) is 60.1 Å². The number of hydrogen-bond donors (Lipinski definition) is 0. The number of sulfonamides is 1. The minimum absolute atomic E-state index is 0.179. The zero-order chi connectivity index (χ0) is 29.1. The highest BCUT2D eigenvalue weighted by Gasteiger charge is 2.46. The van der Waals surface area contributed by atoms with Gasteiger partial charge in [0.05, 0.1) is 16.1 Å². The molecule has 4 aromatic rings. The van der Waals surface area contributed by atoms with Gasteiger partial charge in [0.2, 0.25) is 10.0 Å². The SMILES string of the molecule is Cc1nc2ccccc2n1[C@H]1C[C@H]2CC[C@@H](C1)N2CC[C@]1(CN(C)S(=O)(=O)c2ccccc2Cl)CCc2ccccc21. The summed E-state index contributed by atoms with van der Waals surface area (Å²) in [5, 5.41) is 0.269. The number of halogens is 1. The molecule has 2 saturated heterocycles. The molecular weight excluding hydrogens is 564 g/mol. The highest BCUT2D eigenvalue weighted by Crippen LogP contribution is 2.46. The summed E-state index contributed by atoms with van der Waals surface area (Å²) in [5.74, 6) is 1.11. The molecular formula is C34H39ClN4O2S. The summed E-state index contributed by atoms with van der Waals surface area (Å²) in [6, 6.07) is 25.5. The quantitative estimate of drug-likeness (QED) is 0.224. The lowest BCUT2D eigenvalue weighted by atomic mass is 9.78. The summed E-state index contributed by atoms with van der Waals surface area (Å²) in [6.45, 7) is 3.58. The van der Waals surface area contributed by atoms with Crippen molar-refractivity contribution in [3.8, 4) is 0 Å². The predicted octanol–water partition coefficient (Wildman–Crippen LogP) is 6.76. The van der Waals surface area contributed by atoms with E-state index < -0.39 is 10.0 Å². The average Bonchev–Trinajstić information content (AvgIpc) is 3.59. The fourth-order valence-electron chi connectivity index (χ4n) is 8.39. The molecule has 0 unspecified atom stereocenters. The first-order valence-electron chi connectivity index (χ1n) is 15.3. The summed E-state index contributed by atoms with van der Waals surface area (Å²) < 4.78 is 31.4. The summed E-state index contributed by atoms with van der Waals surface area (Å²) in [6.07, 6.45) is 7.63. The summed E-state index contributed by atoms with van der Waals surface area (Å²) in [5.41, 5.74) is 4.77. The third-order valence-electron chi connectivity index (χ3n) is 10.4. The van der Waals surface area contributed by atoms with Crippen LogP contribution in [0.25, 0.3) is 11.0 Å². The normalized spacial score (nSPS) is 25.9. The molecule has 2 fully saturated rings. The van der Waals surface area contributed by atoms with Crippen LogP contribution in [0.2, 0.25) is 5.02 Å². The number of benzene rings is 3. The van der Waals surface area contributed by atoms with Crippen molar-refractivity contribution in [2.45, 2.75) is 80.3 Å². The van der Waals surface area contributed by atoms with Crippen molar-refractivity contribution in [3.63, 3.8) is 0 Å². The standard InChI is InChI=1S/C34H39ClN4O2S/c1-24-36-31-12-6-7-13-32(31)39(24)28-21-26-15-16-27(22-28)38(26)20-19-34(18-17-25-9-3-4-10-29(25)34)23-37(2)42(40,41)33-14-8-5-11-30(33)35/h3-14,26-28H,15-23H2,1-2H3/t26-,27+,28+,34-/m0/s1. The third-order valence-corrected chi connectivity index (χ3v) is 12.7. The molecule has 4 atom stereocenters. The molecule has 2 aliphatic heterocycles. The van der Waals surface area contributed by atoms with Crippen LogP contribution in [0, 0.1) is 6.92 Å². The Bertz CT molecular complexity index is 1720. The highest BCUT2D eigenvalue weighted by molar-refractivity contribution is 7.89. The van der Waals surface area contributed by atoms with Crippen LogP contribution in [0.15, 0.2) is 77.7 Å². The Morgan fingerprint density at radius 3 is 2.43 bits per heavy atom. The van der Waals surface area contributed by atoms with Gasteiger partial charge in [0, 0.05) is 37.1 Å². The maximum Gasteiger partial charge on any atom is 0.244 e. The molecule has 1 aliphatic carbocycles. The van der Waals surface area contributed by atoms with Crippen molar-refractivity contribution < 1.29 is 8.42 Å². The Balaban J connectivity index is 1.13. The van der Waals surface area contributed by atoms with Gasteiger partial charge in [0.15, 0.2) is 0 Å². The minimum atomic E-state index is -3.73. The number of fused-ring (bicyclic) bond motifs is 4. The van der Waals surface area contributed by atoms with E-state index in [0.717, 1.165) is 50.0 Å². The van der Waals surface area contributed by atoms with E-state index in [4.69, 9.17) is 16.6 Å². The summed E-state index contributed by atoms with van der Waals surface area (Å²) in [4.78, 5) is 7.80. The zero-order valence-corrected chi connectivity index (χ0v) is 26.0. The van der Waals surface area contributed by atoms with Gasteiger partial charge in [-0.05, 0) is 93.8 Å². The second-order valence-corrected chi connectivity index (χ2v) is 15.1. The first kappa shape index (κ1) is 28.1. The molecule has 2 bridgehead atoms. The lowest BCUT2D eigenvalue weighted by Crippen LogP contribution is -2.47. The van der Waals surface area contributed by atoms with Crippen LogP contribution in [0.1, 0.15) is 61.5 Å². The first-order chi connectivity index (χ1) is 20.3. The van der Waals surface area contributed by atoms with Gasteiger partial charge in [0.25, 0.3) is 0 Å². The molecule has 42 heavy (non-hydrogen) atoms. The van der Waals surface area contributed by atoms with E-state index in [1.807, 2.05) is 0 Å². The van der Waals surface area contributed by atoms with Crippen LogP contribution in [0.3, 0.4) is 0 Å². The molecule has 3 heterocycles. The number of hydrogen-bond acceptors (Lipinski definition) is 4. The second kappa shape index (κ2) is 10.8. The number of rotatable bonds is 8. The Morgan fingerprint density at radius 1 is 0.952 bits per heavy atom. The highest BCUT2D eigenvalue weighted by atomic mass is 35.5. The zero-order valence-electron chi connectivity index (χ0n) is 24.4. The topological polar surface area (TPSA) is 58.4 Å². The van der Waals surface area contributed by atoms with E-state index in [9.17, 15) is 8.42 Å². The molecule has 3 aliphatic rings. The van der Waals surface area contributed by atoms with Crippen molar-refractivity contribution in [1.29, 1.82) is 0 Å². The van der Waals surface area contributed by atoms with Crippen molar-refractivity contribution in [3.05, 3.63) is 94.8 Å². The maximum absolute atomic E-state index is 13.7. The van der Waals surface area contributed by atoms with Gasteiger partial charge in [-0.15, -0.1) is 0 Å². The Morgan fingerprint density at radius 2 is 1.64 bits per heavy atom. The van der Waals surface area contributed by atoms with E-state index in [-0.39, 0.29) is 15.3 Å². The average molecular weight is 603 g/mol. The van der Waals surface area contributed by atoms with Crippen molar-refractivity contribution in [2.24, 2.45) is 0 Å². The molecule has 0 radical (unpaired) electrons. The minimum Gasteiger partial charge on any atom is -0.325 e. The molecule has 220 valence electrons. The van der Waals surface area contributed by atoms with E-state index in [1.54, 1.807) is 35.6 Å². The Kier molecular flexibility index (Phi) is 7.21. The van der Waals surface area contributed by atoms with E-state index >= 15 is 0 Å². The van der Waals surface area contributed by atoms with Gasteiger partial charge in [0.1, 0.15) is 10.7 Å². The molecule has 1 aromatic heterocycles. The Hall–Kier alpha value is -2.71. The monoisotopic (exact) mass is 602 g/mol. The second-order valence-electron chi connectivity index (χ2n) is 12.6. The van der Waals surface area contributed by atoms with Crippen LogP contribution in [-0.2, 0) is 21.9 Å². The first-order valence-corrected chi connectivity index (χ1v) is 17.1. The Labute approximate surface area is 254 Å². The van der Waals surface area contributed by atoms with Gasteiger partial charge >= 0.3 is 0 Å². The molecule has 0 saturated carbocycles. The number of piperidine rings is 1. The van der Waals surface area contributed by atoms with Crippen molar-refractivity contribution in [2.75, 3.05) is 20.1 Å². The largest absolute Gasteiger partial charge is 0.325 e. The van der Waals surface area contributed by atoms with Gasteiger partial charge in [-0.25, -0.2) is 13.4 Å². The molecule has 3 aromatic carbocycles. The fraction of sp³-hybridized carbons (Fsp3) is 0.441. The van der Waals surface area contributed by atoms with Gasteiger partial charge in [-0.2, -0.15) is 4.31 Å². The van der Waals surface area contributed by atoms with Gasteiger partial charge in [-0.3, -0.25) is 4.90 Å². The smallest absolute Gasteiger partial charge is 0.244 e. The molecule has 6 nitrogen and oxygen atoms in total. The van der Waals surface area contributed by atoms with E-state index in [0.29, 0.717) is 24.7 Å². The van der Waals surface area contributed by atoms with E-state index in [1.165, 1.54) is 29.5 Å². The summed E-state index contributed by atoms with van der Waals surface area (Å²) in [7, 11) is -2.01. The third kappa shape index (κ3) is 4.69. The van der Waals surface area contributed by atoms with Crippen LogP contribution in [0.5, 0.6) is 0 Å². The van der Waals surface area contributed by atoms with Crippen LogP contribution >= 0.6 is 11.6 Å². The molecule has 8 heteroatoms. The number of nitrogens with zero attached hydrogens (tertiary/aromatic N) is 4. The number of aryl methyl sites for hydroxylation is 2. The lowest BCUT2D eigenvalue weighted by molar-refractivity contribution is 0.0949. The molecule has 0 N–H and O–H groups in total. The number of imidazole rings is 1. The number of para-hydroxylation sites is 2. The van der Waals surface area contributed by atoms with Crippen LogP contribution in [0.4, 0.5) is 0 Å². The predicted molar refractivity (Wildman–Crippen MR) is 169 cm³/mol. The molecule has 7 rings (SSSR count). The lowest BCUT2D eigenvalue weighted by Gasteiger charge is -2.42. The molecule has 0 spiro atoms. The summed E-state index contributed by atoms with van der Waals surface area (Å²) >= 11 is 6.36. The number of aromatic nitrogens is 2. The van der Waals surface area contributed by atoms with Crippen molar-refractivity contribution >= 4 is 32.7 Å². The maximum atomic E-state index is 13.7. The van der Waals surface area contributed by atoms with Crippen LogP contribution in [-0.4, -0.2) is 59.4 Å². The molecule has 0 amide bonds.